The summed E-state index contributed by atoms with van der Waals surface area (Å²) in [5.41, 5.74) is 5.69. The Kier molecular flexibility index (Phi) is 4.74. The lowest BCUT2D eigenvalue weighted by atomic mass is 9.99. The summed E-state index contributed by atoms with van der Waals surface area (Å²) < 4.78 is 5.35. The van der Waals surface area contributed by atoms with Gasteiger partial charge in [0.05, 0.1) is 16.0 Å². The Morgan fingerprint density at radius 2 is 2.45 bits per heavy atom. The van der Waals surface area contributed by atoms with Crippen molar-refractivity contribution in [2.45, 2.75) is 25.0 Å². The van der Waals surface area contributed by atoms with Crippen molar-refractivity contribution in [3.63, 3.8) is 0 Å². The number of ether oxygens (including phenoxy) is 1. The summed E-state index contributed by atoms with van der Waals surface area (Å²) in [6.45, 7) is 1.01. The van der Waals surface area contributed by atoms with Gasteiger partial charge in [-0.05, 0) is 12.8 Å². The van der Waals surface area contributed by atoms with Crippen LogP contribution in [0.2, 0.25) is 5.02 Å². The van der Waals surface area contributed by atoms with Gasteiger partial charge in [-0.2, -0.15) is 0 Å². The molecule has 1 saturated heterocycles. The predicted molar refractivity (Wildman–Crippen MR) is 76.1 cm³/mol. The van der Waals surface area contributed by atoms with E-state index in [-0.39, 0.29) is 22.9 Å². The molecule has 2 N–H and O–H groups in total. The van der Waals surface area contributed by atoms with Crippen molar-refractivity contribution in [2.24, 2.45) is 5.73 Å². The second-order valence-corrected chi connectivity index (χ2v) is 5.15. The van der Waals surface area contributed by atoms with Gasteiger partial charge in [-0.25, -0.2) is 4.98 Å². The second kappa shape index (κ2) is 6.34. The van der Waals surface area contributed by atoms with E-state index in [9.17, 15) is 10.1 Å². The number of piperidine rings is 1. The van der Waals surface area contributed by atoms with Gasteiger partial charge in [0.1, 0.15) is 0 Å². The number of anilines is 1. The van der Waals surface area contributed by atoms with E-state index >= 15 is 0 Å². The molecule has 1 fully saturated rings. The molecular weight excluding hydrogens is 284 g/mol. The van der Waals surface area contributed by atoms with Crippen LogP contribution in [0.1, 0.15) is 12.8 Å². The fourth-order valence-electron chi connectivity index (χ4n) is 2.51. The Balaban J connectivity index is 2.33. The molecule has 0 spiro atoms. The fraction of sp³-hybridized carbons (Fsp3) is 0.583. The molecular formula is C12H17ClN4O3. The maximum atomic E-state index is 11.2. The molecule has 2 unspecified atom stereocenters. The summed E-state index contributed by atoms with van der Waals surface area (Å²) in [4.78, 5) is 16.7. The Hall–Kier alpha value is -1.44. The Bertz CT molecular complexity index is 500. The van der Waals surface area contributed by atoms with Crippen molar-refractivity contribution in [3.8, 4) is 0 Å². The lowest BCUT2D eigenvalue weighted by Crippen LogP contribution is -2.49. The molecule has 2 rings (SSSR count). The molecule has 0 bridgehead atoms. The van der Waals surface area contributed by atoms with Gasteiger partial charge >= 0.3 is 5.69 Å². The molecule has 0 radical (unpaired) electrons. The van der Waals surface area contributed by atoms with E-state index in [2.05, 4.69) is 4.98 Å². The van der Waals surface area contributed by atoms with Gasteiger partial charge in [0.15, 0.2) is 0 Å². The first-order valence-electron chi connectivity index (χ1n) is 6.36. The van der Waals surface area contributed by atoms with Gasteiger partial charge in [-0.3, -0.25) is 10.1 Å². The summed E-state index contributed by atoms with van der Waals surface area (Å²) in [6, 6.07) is 1.29. The molecule has 0 saturated carbocycles. The van der Waals surface area contributed by atoms with E-state index in [0.717, 1.165) is 12.8 Å². The Labute approximate surface area is 121 Å². The van der Waals surface area contributed by atoms with Crippen LogP contribution in [0, 0.1) is 10.1 Å². The Morgan fingerprint density at radius 1 is 1.70 bits per heavy atom. The van der Waals surface area contributed by atoms with Crippen molar-refractivity contribution < 1.29 is 9.66 Å². The lowest BCUT2D eigenvalue weighted by Gasteiger charge is -2.38. The van der Waals surface area contributed by atoms with Gasteiger partial charge in [0.2, 0.25) is 5.82 Å². The quantitative estimate of drug-likeness (QED) is 0.670. The molecule has 20 heavy (non-hydrogen) atoms. The zero-order chi connectivity index (χ0) is 14.7. The van der Waals surface area contributed by atoms with Crippen molar-refractivity contribution in [1.82, 2.24) is 4.98 Å². The third-order valence-electron chi connectivity index (χ3n) is 3.56. The fourth-order valence-corrected chi connectivity index (χ4v) is 2.66. The van der Waals surface area contributed by atoms with E-state index < -0.39 is 4.92 Å². The first kappa shape index (κ1) is 15.0. The zero-order valence-electron chi connectivity index (χ0n) is 11.2. The van der Waals surface area contributed by atoms with Crippen molar-refractivity contribution in [2.75, 3.05) is 25.1 Å². The number of rotatable bonds is 4. The number of aromatic nitrogens is 1. The molecule has 1 aliphatic heterocycles. The van der Waals surface area contributed by atoms with Crippen LogP contribution in [0.4, 0.5) is 11.5 Å². The third-order valence-corrected chi connectivity index (χ3v) is 3.76. The number of nitro groups is 1. The van der Waals surface area contributed by atoms with E-state index in [1.54, 1.807) is 7.11 Å². The molecule has 1 aromatic heterocycles. The molecule has 1 aromatic rings. The van der Waals surface area contributed by atoms with Gasteiger partial charge < -0.3 is 15.4 Å². The lowest BCUT2D eigenvalue weighted by molar-refractivity contribution is -0.384. The topological polar surface area (TPSA) is 94.5 Å². The minimum Gasteiger partial charge on any atom is -0.381 e. The van der Waals surface area contributed by atoms with E-state index in [4.69, 9.17) is 22.1 Å². The molecule has 110 valence electrons. The number of hydrogen-bond donors (Lipinski definition) is 1. The highest BCUT2D eigenvalue weighted by atomic mass is 35.5. The van der Waals surface area contributed by atoms with Crippen LogP contribution in [0.5, 0.6) is 0 Å². The summed E-state index contributed by atoms with van der Waals surface area (Å²) in [7, 11) is 1.66. The maximum absolute atomic E-state index is 11.2. The van der Waals surface area contributed by atoms with Crippen LogP contribution in [0.25, 0.3) is 0 Å². The molecule has 2 heterocycles. The molecule has 8 heteroatoms. The predicted octanol–water partition coefficient (Wildman–Crippen LogP) is 1.59. The highest BCUT2D eigenvalue weighted by molar-refractivity contribution is 6.30. The molecule has 0 aliphatic carbocycles. The van der Waals surface area contributed by atoms with Crippen LogP contribution >= 0.6 is 11.6 Å². The second-order valence-electron chi connectivity index (χ2n) is 4.72. The normalized spacial score (nSPS) is 22.9. The number of methoxy groups -OCH3 is 1. The molecule has 1 aliphatic rings. The standard InChI is InChI=1S/C12H17ClN4O3/c1-20-10-2-3-16(9(5-10)6-14)12-11(17(18)19)4-8(13)7-15-12/h4,7,9-10H,2-3,5-6,14H2,1H3. The maximum Gasteiger partial charge on any atom is 0.313 e. The zero-order valence-corrected chi connectivity index (χ0v) is 11.9. The minimum absolute atomic E-state index is 0.0268. The van der Waals surface area contributed by atoms with Gasteiger partial charge in [0, 0.05) is 38.5 Å². The van der Waals surface area contributed by atoms with Gasteiger partial charge in [-0.1, -0.05) is 11.6 Å². The number of nitrogens with two attached hydrogens (primary N) is 1. The molecule has 7 nitrogen and oxygen atoms in total. The van der Waals surface area contributed by atoms with Crippen molar-refractivity contribution >= 4 is 23.1 Å². The smallest absolute Gasteiger partial charge is 0.313 e. The first-order chi connectivity index (χ1) is 9.56. The highest BCUT2D eigenvalue weighted by Crippen LogP contribution is 2.32. The van der Waals surface area contributed by atoms with Gasteiger partial charge in [0.25, 0.3) is 0 Å². The largest absolute Gasteiger partial charge is 0.381 e. The summed E-state index contributed by atoms with van der Waals surface area (Å²) in [6.07, 6.45) is 3.06. The summed E-state index contributed by atoms with van der Waals surface area (Å²) in [5.74, 6) is 0.324. The van der Waals surface area contributed by atoms with E-state index in [0.29, 0.717) is 18.9 Å². The number of halogens is 1. The average Bonchev–Trinajstić information content (AvgIpc) is 2.46. The van der Waals surface area contributed by atoms with Gasteiger partial charge in [-0.15, -0.1) is 0 Å². The van der Waals surface area contributed by atoms with E-state index in [1.165, 1.54) is 12.3 Å². The van der Waals surface area contributed by atoms with Crippen molar-refractivity contribution in [3.05, 3.63) is 27.4 Å². The van der Waals surface area contributed by atoms with E-state index in [1.807, 2.05) is 4.90 Å². The Morgan fingerprint density at radius 3 is 3.05 bits per heavy atom. The monoisotopic (exact) mass is 300 g/mol. The van der Waals surface area contributed by atoms with Crippen LogP contribution in [-0.2, 0) is 4.74 Å². The molecule has 2 atom stereocenters. The first-order valence-corrected chi connectivity index (χ1v) is 6.74. The van der Waals surface area contributed by atoms with Crippen LogP contribution in [0.15, 0.2) is 12.3 Å². The molecule has 0 aromatic carbocycles. The highest BCUT2D eigenvalue weighted by Gasteiger charge is 2.32. The van der Waals surface area contributed by atoms with Crippen LogP contribution < -0.4 is 10.6 Å². The molecule has 0 amide bonds. The van der Waals surface area contributed by atoms with Crippen LogP contribution in [-0.4, -0.2) is 42.3 Å². The summed E-state index contributed by atoms with van der Waals surface area (Å²) >= 11 is 5.79. The third kappa shape index (κ3) is 3.00. The number of nitrogens with zero attached hydrogens (tertiary/aromatic N) is 3. The average molecular weight is 301 g/mol. The summed E-state index contributed by atoms with van der Waals surface area (Å²) in [5, 5.41) is 11.4. The van der Waals surface area contributed by atoms with Crippen molar-refractivity contribution in [1.29, 1.82) is 0 Å². The minimum atomic E-state index is -0.468. The number of hydrogen-bond acceptors (Lipinski definition) is 6. The SMILES string of the molecule is COC1CCN(c2ncc(Cl)cc2[N+](=O)[O-])C(CN)C1. The van der Waals surface area contributed by atoms with Crippen LogP contribution in [0.3, 0.4) is 0 Å². The number of pyridine rings is 1.